The highest BCUT2D eigenvalue weighted by Gasteiger charge is 2.30. The van der Waals surface area contributed by atoms with Gasteiger partial charge in [-0.2, -0.15) is 0 Å². The second-order valence-corrected chi connectivity index (χ2v) is 7.98. The lowest BCUT2D eigenvalue weighted by molar-refractivity contribution is 0.0698. The molecule has 5 nitrogen and oxygen atoms in total. The van der Waals surface area contributed by atoms with E-state index in [1.807, 2.05) is 0 Å². The molecule has 1 aromatic carbocycles. The van der Waals surface area contributed by atoms with Crippen molar-refractivity contribution < 1.29 is 18.3 Å². The first kappa shape index (κ1) is 15.0. The summed E-state index contributed by atoms with van der Waals surface area (Å²) in [5.41, 5.74) is -0.0582. The van der Waals surface area contributed by atoms with Crippen molar-refractivity contribution in [3.63, 3.8) is 0 Å². The molecule has 0 heterocycles. The third-order valence-corrected chi connectivity index (χ3v) is 5.03. The summed E-state index contributed by atoms with van der Waals surface area (Å²) in [6, 6.07) is 4.45. The second-order valence-electron chi connectivity index (χ2n) is 4.69. The number of halogens is 1. The fourth-order valence-electron chi connectivity index (χ4n) is 1.09. The molecule has 0 radical (unpaired) electrons. The third-order valence-electron chi connectivity index (χ3n) is 2.29. The molecule has 7 heteroatoms. The van der Waals surface area contributed by atoms with Gasteiger partial charge in [0.15, 0.2) is 0 Å². The molecule has 0 unspecified atom stereocenters. The number of carboxylic acids is 1. The fraction of sp³-hybridized carbons (Fsp3) is 0.364. The normalized spacial score (nSPS) is 12.2. The Kier molecular flexibility index (Phi) is 4.07. The van der Waals surface area contributed by atoms with Gasteiger partial charge < -0.3 is 5.11 Å². The van der Waals surface area contributed by atoms with Crippen LogP contribution in [0.5, 0.6) is 0 Å². The molecule has 0 aliphatic heterocycles. The average Bonchev–Trinajstić information content (AvgIpc) is 2.18. The van der Waals surface area contributed by atoms with Crippen molar-refractivity contribution >= 4 is 37.6 Å². The molecule has 1 rings (SSSR count). The number of anilines is 1. The highest BCUT2D eigenvalue weighted by Crippen LogP contribution is 2.29. The molecule has 2 N–H and O–H groups in total. The van der Waals surface area contributed by atoms with E-state index in [1.54, 1.807) is 6.07 Å². The topological polar surface area (TPSA) is 83.5 Å². The van der Waals surface area contributed by atoms with Gasteiger partial charge in [-0.1, -0.05) is 6.07 Å². The van der Waals surface area contributed by atoms with Gasteiger partial charge in [-0.15, -0.1) is 0 Å². The van der Waals surface area contributed by atoms with E-state index < -0.39 is 20.7 Å². The van der Waals surface area contributed by atoms with Gasteiger partial charge in [-0.05, 0) is 48.8 Å². The maximum absolute atomic E-state index is 12.0. The highest BCUT2D eigenvalue weighted by atomic mass is 79.9. The molecule has 0 bridgehead atoms. The zero-order valence-electron chi connectivity index (χ0n) is 10.2. The van der Waals surface area contributed by atoms with Crippen LogP contribution >= 0.6 is 15.9 Å². The summed E-state index contributed by atoms with van der Waals surface area (Å²) in [4.78, 5) is 11.1. The molecular weight excluding hydrogens is 322 g/mol. The first-order valence-corrected chi connectivity index (χ1v) is 7.38. The first-order valence-electron chi connectivity index (χ1n) is 5.10. The Bertz CT molecular complexity index is 575. The van der Waals surface area contributed by atoms with E-state index in [0.717, 1.165) is 0 Å². The Morgan fingerprint density at radius 2 is 1.89 bits per heavy atom. The van der Waals surface area contributed by atoms with Crippen LogP contribution in [0.15, 0.2) is 22.7 Å². The van der Waals surface area contributed by atoms with Gasteiger partial charge in [-0.3, -0.25) is 4.72 Å². The lowest BCUT2D eigenvalue weighted by Crippen LogP contribution is -2.34. The Hall–Kier alpha value is -1.08. The predicted octanol–water partition coefficient (Wildman–Crippen LogP) is 2.69. The van der Waals surface area contributed by atoms with Crippen LogP contribution in [-0.2, 0) is 10.0 Å². The highest BCUT2D eigenvalue weighted by molar-refractivity contribution is 9.10. The lowest BCUT2D eigenvalue weighted by atomic mass is 10.2. The second kappa shape index (κ2) is 4.89. The van der Waals surface area contributed by atoms with E-state index in [2.05, 4.69) is 20.7 Å². The largest absolute Gasteiger partial charge is 0.478 e. The lowest BCUT2D eigenvalue weighted by Gasteiger charge is -2.21. The number of benzene rings is 1. The molecular formula is C11H14BrNO4S. The van der Waals surface area contributed by atoms with Crippen molar-refractivity contribution in [3.05, 3.63) is 28.2 Å². The van der Waals surface area contributed by atoms with Crippen LogP contribution in [0, 0.1) is 0 Å². The van der Waals surface area contributed by atoms with Gasteiger partial charge in [0.25, 0.3) is 0 Å². The molecule has 0 aliphatic rings. The zero-order valence-corrected chi connectivity index (χ0v) is 12.6. The summed E-state index contributed by atoms with van der Waals surface area (Å²) >= 11 is 3.14. The Labute approximate surface area is 114 Å². The van der Waals surface area contributed by atoms with Gasteiger partial charge in [0.05, 0.1) is 16.0 Å². The summed E-state index contributed by atoms with van der Waals surface area (Å²) in [5.74, 6) is -1.19. The SMILES string of the molecule is CC(C)(C)S(=O)(=O)Nc1c(Br)cccc1C(=O)O. The molecule has 100 valence electrons. The maximum atomic E-state index is 12.0. The summed E-state index contributed by atoms with van der Waals surface area (Å²) in [7, 11) is -3.67. The number of hydrogen-bond acceptors (Lipinski definition) is 3. The van der Waals surface area contributed by atoms with E-state index in [1.165, 1.54) is 32.9 Å². The minimum atomic E-state index is -3.67. The van der Waals surface area contributed by atoms with Crippen molar-refractivity contribution in [2.24, 2.45) is 0 Å². The molecule has 0 aliphatic carbocycles. The molecule has 18 heavy (non-hydrogen) atoms. The molecule has 0 fully saturated rings. The minimum Gasteiger partial charge on any atom is -0.478 e. The van der Waals surface area contributed by atoms with Crippen LogP contribution in [0.2, 0.25) is 0 Å². The van der Waals surface area contributed by atoms with Crippen LogP contribution in [0.3, 0.4) is 0 Å². The van der Waals surface area contributed by atoms with E-state index in [9.17, 15) is 13.2 Å². The molecule has 0 saturated heterocycles. The molecule has 0 spiro atoms. The number of carbonyl (C=O) groups is 1. The van der Waals surface area contributed by atoms with Gasteiger partial charge in [0.1, 0.15) is 0 Å². The Morgan fingerprint density at radius 3 is 2.33 bits per heavy atom. The van der Waals surface area contributed by atoms with Crippen LogP contribution in [-0.4, -0.2) is 24.2 Å². The molecule has 0 amide bonds. The van der Waals surface area contributed by atoms with Gasteiger partial charge >= 0.3 is 5.97 Å². The van der Waals surface area contributed by atoms with Crippen molar-refractivity contribution in [2.75, 3.05) is 4.72 Å². The quantitative estimate of drug-likeness (QED) is 0.889. The standard InChI is InChI=1S/C11H14BrNO4S/c1-11(2,3)18(16,17)13-9-7(10(14)15)5-4-6-8(9)12/h4-6,13H,1-3H3,(H,14,15). The van der Waals surface area contributed by atoms with E-state index in [-0.39, 0.29) is 11.3 Å². The van der Waals surface area contributed by atoms with Crippen molar-refractivity contribution in [2.45, 2.75) is 25.5 Å². The van der Waals surface area contributed by atoms with E-state index in [4.69, 9.17) is 5.11 Å². The van der Waals surface area contributed by atoms with Gasteiger partial charge in [0.2, 0.25) is 10.0 Å². The van der Waals surface area contributed by atoms with E-state index >= 15 is 0 Å². The monoisotopic (exact) mass is 335 g/mol. The smallest absolute Gasteiger partial charge is 0.337 e. The fourth-order valence-corrected chi connectivity index (χ4v) is 2.48. The van der Waals surface area contributed by atoms with Crippen molar-refractivity contribution in [1.29, 1.82) is 0 Å². The number of aromatic carboxylic acids is 1. The average molecular weight is 336 g/mol. The van der Waals surface area contributed by atoms with Crippen molar-refractivity contribution in [3.8, 4) is 0 Å². The van der Waals surface area contributed by atoms with Crippen LogP contribution in [0.4, 0.5) is 5.69 Å². The van der Waals surface area contributed by atoms with Crippen LogP contribution < -0.4 is 4.72 Å². The molecule has 0 aromatic heterocycles. The summed E-state index contributed by atoms with van der Waals surface area (Å²) in [6.45, 7) is 4.60. The zero-order chi connectivity index (χ0) is 14.1. The number of nitrogens with one attached hydrogen (secondary N) is 1. The maximum Gasteiger partial charge on any atom is 0.337 e. The van der Waals surface area contributed by atoms with Gasteiger partial charge in [-0.25, -0.2) is 13.2 Å². The number of carboxylic acid groups (broad SMARTS) is 1. The van der Waals surface area contributed by atoms with Crippen LogP contribution in [0.25, 0.3) is 0 Å². The Morgan fingerprint density at radius 1 is 1.33 bits per heavy atom. The number of sulfonamides is 1. The minimum absolute atomic E-state index is 0.0416. The predicted molar refractivity (Wildman–Crippen MR) is 73.4 cm³/mol. The third kappa shape index (κ3) is 3.02. The van der Waals surface area contributed by atoms with Gasteiger partial charge in [0, 0.05) is 4.47 Å². The number of rotatable bonds is 3. The first-order chi connectivity index (χ1) is 8.06. The van der Waals surface area contributed by atoms with Crippen molar-refractivity contribution in [1.82, 2.24) is 0 Å². The summed E-state index contributed by atoms with van der Waals surface area (Å²) < 4.78 is 25.7. The molecule has 1 aromatic rings. The summed E-state index contributed by atoms with van der Waals surface area (Å²) in [6.07, 6.45) is 0. The molecule has 0 atom stereocenters. The number of hydrogen-bond donors (Lipinski definition) is 2. The molecule has 0 saturated carbocycles. The Balaban J connectivity index is 3.33. The summed E-state index contributed by atoms with van der Waals surface area (Å²) in [5, 5.41) is 9.03. The number of para-hydroxylation sites is 1. The van der Waals surface area contributed by atoms with E-state index in [0.29, 0.717) is 4.47 Å². The van der Waals surface area contributed by atoms with Crippen LogP contribution in [0.1, 0.15) is 31.1 Å².